The van der Waals surface area contributed by atoms with Gasteiger partial charge in [0.15, 0.2) is 9.79 Å². The van der Waals surface area contributed by atoms with Gasteiger partial charge in [-0.05, 0) is 45.0 Å². The monoisotopic (exact) mass is 301 g/mol. The molecule has 2 aromatic rings. The Morgan fingerprint density at radius 1 is 0.952 bits per heavy atom. The van der Waals surface area contributed by atoms with Crippen molar-refractivity contribution in [1.29, 1.82) is 0 Å². The summed E-state index contributed by atoms with van der Waals surface area (Å²) < 4.78 is 4.96. The maximum absolute atomic E-state index is 12.1. The maximum atomic E-state index is 12.1. The van der Waals surface area contributed by atoms with Gasteiger partial charge in [-0.1, -0.05) is 30.3 Å². The molecule has 0 aliphatic heterocycles. The van der Waals surface area contributed by atoms with E-state index in [0.29, 0.717) is 5.56 Å². The topological polar surface area (TPSA) is 26.3 Å². The fourth-order valence-electron chi connectivity index (χ4n) is 2.29. The molecule has 2 aromatic carbocycles. The number of carbonyl (C=O) groups excluding carboxylic acids is 1. The second-order valence-electron chi connectivity index (χ2n) is 5.72. The lowest BCUT2D eigenvalue weighted by molar-refractivity contribution is 0.0596. The minimum absolute atomic E-state index is 0.0193. The molecule has 0 bridgehead atoms. The Hall–Kier alpha value is -1.74. The zero-order valence-corrected chi connectivity index (χ0v) is 13.7. The Labute approximate surface area is 129 Å². The van der Waals surface area contributed by atoms with Gasteiger partial charge in [0.25, 0.3) is 0 Å². The summed E-state index contributed by atoms with van der Waals surface area (Å²) in [4.78, 5) is 14.4. The van der Waals surface area contributed by atoms with Crippen LogP contribution in [0, 0.1) is 0 Å². The van der Waals surface area contributed by atoms with Crippen molar-refractivity contribution in [2.75, 3.05) is 7.11 Å². The average Bonchev–Trinajstić information content (AvgIpc) is 2.47. The van der Waals surface area contributed by atoms with Crippen molar-refractivity contribution < 1.29 is 9.53 Å². The highest BCUT2D eigenvalue weighted by Gasteiger charge is 2.41. The largest absolute Gasteiger partial charge is 0.465 e. The fourth-order valence-corrected chi connectivity index (χ4v) is 4.93. The van der Waals surface area contributed by atoms with Crippen LogP contribution in [0.15, 0.2) is 64.4 Å². The van der Waals surface area contributed by atoms with Gasteiger partial charge in [-0.2, -0.15) is 0 Å². The highest BCUT2D eigenvalue weighted by atomic mass is 32.2. The maximum Gasteiger partial charge on any atom is 0.343 e. The number of benzene rings is 2. The normalized spacial score (nSPS) is 12.8. The Balaban J connectivity index is 2.61. The molecule has 0 saturated carbocycles. The lowest BCUT2D eigenvalue weighted by atomic mass is 10.2. The van der Waals surface area contributed by atoms with E-state index in [0.717, 1.165) is 4.90 Å². The SMILES string of the molecule is COC(=O)c1ccccc1[S+](c1ccccc1)C(C)(C)C. The van der Waals surface area contributed by atoms with E-state index in [1.807, 2.05) is 42.5 Å². The van der Waals surface area contributed by atoms with Gasteiger partial charge in [0.2, 0.25) is 0 Å². The average molecular weight is 301 g/mol. The first-order chi connectivity index (χ1) is 9.95. The minimum atomic E-state index is -0.275. The summed E-state index contributed by atoms with van der Waals surface area (Å²) in [5, 5.41) is 0. The first kappa shape index (κ1) is 15.6. The summed E-state index contributed by atoms with van der Waals surface area (Å²) in [6.07, 6.45) is 0. The molecule has 0 aliphatic rings. The number of ether oxygens (including phenoxy) is 1. The van der Waals surface area contributed by atoms with Crippen LogP contribution in [0.4, 0.5) is 0 Å². The number of esters is 1. The van der Waals surface area contributed by atoms with Crippen molar-refractivity contribution in [3.05, 3.63) is 60.2 Å². The molecule has 1 atom stereocenters. The number of carbonyl (C=O) groups is 1. The lowest BCUT2D eigenvalue weighted by Crippen LogP contribution is -2.30. The van der Waals surface area contributed by atoms with E-state index < -0.39 is 0 Å². The molecule has 110 valence electrons. The van der Waals surface area contributed by atoms with Gasteiger partial charge < -0.3 is 4.74 Å². The van der Waals surface area contributed by atoms with Gasteiger partial charge in [0.1, 0.15) is 10.3 Å². The molecule has 2 rings (SSSR count). The third-order valence-corrected chi connectivity index (χ3v) is 5.87. The number of hydrogen-bond donors (Lipinski definition) is 0. The van der Waals surface area contributed by atoms with Gasteiger partial charge in [-0.25, -0.2) is 4.79 Å². The van der Waals surface area contributed by atoms with Crippen LogP contribution in [-0.2, 0) is 15.6 Å². The van der Waals surface area contributed by atoms with Gasteiger partial charge in [-0.15, -0.1) is 0 Å². The Kier molecular flexibility index (Phi) is 4.73. The van der Waals surface area contributed by atoms with Crippen molar-refractivity contribution >= 4 is 16.9 Å². The Bertz CT molecular complexity index is 615. The van der Waals surface area contributed by atoms with Crippen LogP contribution in [0.3, 0.4) is 0 Å². The van der Waals surface area contributed by atoms with Crippen LogP contribution < -0.4 is 0 Å². The molecule has 0 saturated heterocycles. The minimum Gasteiger partial charge on any atom is -0.465 e. The number of methoxy groups -OCH3 is 1. The third kappa shape index (κ3) is 3.48. The molecule has 0 heterocycles. The van der Waals surface area contributed by atoms with Gasteiger partial charge in [-0.3, -0.25) is 0 Å². The second-order valence-corrected chi connectivity index (χ2v) is 8.47. The van der Waals surface area contributed by atoms with E-state index in [9.17, 15) is 4.79 Å². The summed E-state index contributed by atoms with van der Waals surface area (Å²) in [6, 6.07) is 18.1. The van der Waals surface area contributed by atoms with Crippen LogP contribution in [-0.4, -0.2) is 17.8 Å². The molecular formula is C18H21O2S+. The molecule has 0 amide bonds. The zero-order valence-electron chi connectivity index (χ0n) is 12.9. The molecule has 0 aromatic heterocycles. The second kappa shape index (κ2) is 6.35. The molecular weight excluding hydrogens is 280 g/mol. The summed E-state index contributed by atoms with van der Waals surface area (Å²) in [7, 11) is 1.22. The predicted octanol–water partition coefficient (Wildman–Crippen LogP) is 4.31. The zero-order chi connectivity index (χ0) is 15.5. The van der Waals surface area contributed by atoms with Crippen LogP contribution in [0.5, 0.6) is 0 Å². The predicted molar refractivity (Wildman–Crippen MR) is 87.9 cm³/mol. The first-order valence-corrected chi connectivity index (χ1v) is 8.14. The molecule has 1 unspecified atom stereocenters. The summed E-state index contributed by atoms with van der Waals surface area (Å²) in [6.45, 7) is 6.62. The summed E-state index contributed by atoms with van der Waals surface area (Å²) in [5.41, 5.74) is 0.655. The number of hydrogen-bond acceptors (Lipinski definition) is 2. The van der Waals surface area contributed by atoms with Crippen molar-refractivity contribution in [1.82, 2.24) is 0 Å². The molecule has 0 fully saturated rings. The number of rotatable bonds is 3. The van der Waals surface area contributed by atoms with Crippen molar-refractivity contribution in [2.45, 2.75) is 35.3 Å². The van der Waals surface area contributed by atoms with Crippen LogP contribution in [0.1, 0.15) is 31.1 Å². The summed E-state index contributed by atoms with van der Waals surface area (Å²) in [5.74, 6) is -0.275. The van der Waals surface area contributed by atoms with E-state index in [-0.39, 0.29) is 21.6 Å². The Morgan fingerprint density at radius 3 is 2.10 bits per heavy atom. The van der Waals surface area contributed by atoms with E-state index >= 15 is 0 Å². The lowest BCUT2D eigenvalue weighted by Gasteiger charge is -2.22. The fraction of sp³-hybridized carbons (Fsp3) is 0.278. The van der Waals surface area contributed by atoms with Crippen LogP contribution in [0.25, 0.3) is 0 Å². The van der Waals surface area contributed by atoms with Gasteiger partial charge in [0.05, 0.1) is 18.0 Å². The molecule has 21 heavy (non-hydrogen) atoms. The molecule has 0 aliphatic carbocycles. The van der Waals surface area contributed by atoms with Crippen LogP contribution >= 0.6 is 0 Å². The third-order valence-electron chi connectivity index (χ3n) is 3.10. The standard InChI is InChI=1S/C18H21O2S/c1-18(2,3)21(14-10-6-5-7-11-14)16-13-9-8-12-15(16)17(19)20-4/h5-13H,1-4H3/q+1. The highest BCUT2D eigenvalue weighted by molar-refractivity contribution is 7.98. The quantitative estimate of drug-likeness (QED) is 0.624. The van der Waals surface area contributed by atoms with E-state index in [1.54, 1.807) is 0 Å². The smallest absolute Gasteiger partial charge is 0.343 e. The van der Waals surface area contributed by atoms with Crippen molar-refractivity contribution in [2.24, 2.45) is 0 Å². The molecule has 0 radical (unpaired) electrons. The van der Waals surface area contributed by atoms with Crippen molar-refractivity contribution in [3.63, 3.8) is 0 Å². The van der Waals surface area contributed by atoms with Crippen molar-refractivity contribution in [3.8, 4) is 0 Å². The summed E-state index contributed by atoms with van der Waals surface area (Å²) >= 11 is 0. The molecule has 0 N–H and O–H groups in total. The Morgan fingerprint density at radius 2 is 1.52 bits per heavy atom. The highest BCUT2D eigenvalue weighted by Crippen LogP contribution is 2.36. The molecule has 3 heteroatoms. The van der Waals surface area contributed by atoms with E-state index in [4.69, 9.17) is 4.74 Å². The van der Waals surface area contributed by atoms with Gasteiger partial charge >= 0.3 is 5.97 Å². The molecule has 0 spiro atoms. The van der Waals surface area contributed by atoms with E-state index in [2.05, 4.69) is 32.9 Å². The van der Waals surface area contributed by atoms with Gasteiger partial charge in [0, 0.05) is 0 Å². The molecule has 2 nitrogen and oxygen atoms in total. The van der Waals surface area contributed by atoms with E-state index in [1.165, 1.54) is 12.0 Å². The first-order valence-electron chi connectivity index (χ1n) is 6.92. The van der Waals surface area contributed by atoms with Crippen LogP contribution in [0.2, 0.25) is 0 Å².